The first-order valence-electron chi connectivity index (χ1n) is 7.54. The van der Waals surface area contributed by atoms with Gasteiger partial charge in [0.2, 0.25) is 10.0 Å². The van der Waals surface area contributed by atoms with Crippen molar-refractivity contribution in [1.82, 2.24) is 4.31 Å². The average Bonchev–Trinajstić information content (AvgIpc) is 2.56. The van der Waals surface area contributed by atoms with E-state index in [1.807, 2.05) is 50.4 Å². The number of thioether (sulfide) groups is 1. The number of rotatable bonds is 6. The molecule has 2 rings (SSSR count). The predicted octanol–water partition coefficient (Wildman–Crippen LogP) is 3.85. The van der Waals surface area contributed by atoms with Crippen LogP contribution in [0.2, 0.25) is 0 Å². The summed E-state index contributed by atoms with van der Waals surface area (Å²) in [5.74, 6) is 0.762. The molecule has 2 aromatic rings. The van der Waals surface area contributed by atoms with E-state index in [1.54, 1.807) is 32.0 Å². The molecule has 0 aliphatic heterocycles. The smallest absolute Gasteiger partial charge is 0.243 e. The Labute approximate surface area is 148 Å². The van der Waals surface area contributed by atoms with Gasteiger partial charge in [0.1, 0.15) is 5.75 Å². The third kappa shape index (κ3) is 3.94. The molecule has 0 saturated heterocycles. The molecule has 0 spiro atoms. The van der Waals surface area contributed by atoms with Gasteiger partial charge in [0.25, 0.3) is 0 Å². The Hall–Kier alpha value is -1.50. The zero-order chi connectivity index (χ0) is 17.9. The molecule has 24 heavy (non-hydrogen) atoms. The molecule has 2 aromatic carbocycles. The van der Waals surface area contributed by atoms with Gasteiger partial charge < -0.3 is 4.74 Å². The topological polar surface area (TPSA) is 46.6 Å². The molecular formula is C18H23NO3S2. The summed E-state index contributed by atoms with van der Waals surface area (Å²) in [7, 11) is -0.315. The molecule has 4 nitrogen and oxygen atoms in total. The van der Waals surface area contributed by atoms with Crippen LogP contribution in [0.5, 0.6) is 5.75 Å². The lowest BCUT2D eigenvalue weighted by Gasteiger charge is -2.19. The fourth-order valence-corrected chi connectivity index (χ4v) is 4.49. The third-order valence-corrected chi connectivity index (χ3v) is 6.61. The molecule has 0 aliphatic rings. The lowest BCUT2D eigenvalue weighted by Crippen LogP contribution is -2.27. The van der Waals surface area contributed by atoms with Gasteiger partial charge in [-0.25, -0.2) is 8.42 Å². The number of nitrogens with zero attached hydrogens (tertiary/aromatic N) is 1. The zero-order valence-electron chi connectivity index (χ0n) is 14.7. The molecule has 0 atom stereocenters. The highest BCUT2D eigenvalue weighted by molar-refractivity contribution is 7.98. The van der Waals surface area contributed by atoms with Crippen LogP contribution in [-0.2, 0) is 16.6 Å². The maximum absolute atomic E-state index is 12.9. The Morgan fingerprint density at radius 1 is 1.12 bits per heavy atom. The Morgan fingerprint density at radius 3 is 2.46 bits per heavy atom. The molecule has 0 N–H and O–H groups in total. The van der Waals surface area contributed by atoms with E-state index in [-0.39, 0.29) is 0 Å². The van der Waals surface area contributed by atoms with Gasteiger partial charge in [0.15, 0.2) is 0 Å². The average molecular weight is 366 g/mol. The molecule has 0 aromatic heterocycles. The van der Waals surface area contributed by atoms with Gasteiger partial charge >= 0.3 is 0 Å². The minimum atomic E-state index is -3.54. The lowest BCUT2D eigenvalue weighted by molar-refractivity contribution is 0.402. The first kappa shape index (κ1) is 18.8. The maximum Gasteiger partial charge on any atom is 0.243 e. The maximum atomic E-state index is 12.9. The fraction of sp³-hybridized carbons (Fsp3) is 0.333. The van der Waals surface area contributed by atoms with Crippen molar-refractivity contribution in [3.8, 4) is 5.75 Å². The Kier molecular flexibility index (Phi) is 5.96. The predicted molar refractivity (Wildman–Crippen MR) is 99.3 cm³/mol. The Balaban J connectivity index is 2.31. The quantitative estimate of drug-likeness (QED) is 0.730. The van der Waals surface area contributed by atoms with E-state index >= 15 is 0 Å². The van der Waals surface area contributed by atoms with Gasteiger partial charge in [-0.2, -0.15) is 4.31 Å². The van der Waals surface area contributed by atoms with Crippen molar-refractivity contribution in [2.24, 2.45) is 0 Å². The van der Waals surface area contributed by atoms with Crippen LogP contribution in [-0.4, -0.2) is 33.1 Å². The molecular weight excluding hydrogens is 342 g/mol. The molecule has 0 fully saturated rings. The van der Waals surface area contributed by atoms with Crippen LogP contribution in [0.1, 0.15) is 16.7 Å². The van der Waals surface area contributed by atoms with Crippen LogP contribution in [0.15, 0.2) is 46.2 Å². The number of sulfonamides is 1. The van der Waals surface area contributed by atoms with Crippen molar-refractivity contribution in [1.29, 1.82) is 0 Å². The van der Waals surface area contributed by atoms with E-state index in [1.165, 1.54) is 4.31 Å². The summed E-state index contributed by atoms with van der Waals surface area (Å²) in [4.78, 5) is 1.39. The minimum Gasteiger partial charge on any atom is -0.496 e. The van der Waals surface area contributed by atoms with Crippen molar-refractivity contribution in [2.45, 2.75) is 30.2 Å². The molecule has 0 radical (unpaired) electrons. The van der Waals surface area contributed by atoms with Gasteiger partial charge in [0, 0.05) is 18.5 Å². The standard InChI is InChI=1S/C18H23NO3S2/c1-13-6-7-14(2)18(10-13)24(20,21)19(3)12-15-8-9-17(23-5)16(11-15)22-4/h6-11H,12H2,1-5H3. The van der Waals surface area contributed by atoms with Crippen LogP contribution in [0.25, 0.3) is 0 Å². The zero-order valence-corrected chi connectivity index (χ0v) is 16.3. The Bertz CT molecular complexity index is 832. The summed E-state index contributed by atoms with van der Waals surface area (Å²) < 4.78 is 32.5. The van der Waals surface area contributed by atoms with Gasteiger partial charge in [-0.1, -0.05) is 18.2 Å². The molecule has 0 heterocycles. The van der Waals surface area contributed by atoms with Crippen LogP contribution in [0.4, 0.5) is 0 Å². The third-order valence-electron chi connectivity index (χ3n) is 3.89. The second-order valence-electron chi connectivity index (χ2n) is 5.72. The highest BCUT2D eigenvalue weighted by atomic mass is 32.2. The summed E-state index contributed by atoms with van der Waals surface area (Å²) in [5, 5.41) is 0. The normalized spacial score (nSPS) is 11.8. The van der Waals surface area contributed by atoms with Crippen molar-refractivity contribution in [2.75, 3.05) is 20.4 Å². The molecule has 0 unspecified atom stereocenters. The van der Waals surface area contributed by atoms with E-state index in [0.29, 0.717) is 11.4 Å². The van der Waals surface area contributed by atoms with E-state index < -0.39 is 10.0 Å². The van der Waals surface area contributed by atoms with Crippen molar-refractivity contribution in [3.63, 3.8) is 0 Å². The van der Waals surface area contributed by atoms with Gasteiger partial charge in [-0.15, -0.1) is 11.8 Å². The number of aryl methyl sites for hydroxylation is 2. The number of methoxy groups -OCH3 is 1. The molecule has 6 heteroatoms. The van der Waals surface area contributed by atoms with E-state index in [4.69, 9.17) is 4.74 Å². The summed E-state index contributed by atoms with van der Waals surface area (Å²) in [5.41, 5.74) is 2.57. The van der Waals surface area contributed by atoms with Gasteiger partial charge in [-0.05, 0) is 55.0 Å². The molecule has 0 saturated carbocycles. The monoisotopic (exact) mass is 365 g/mol. The summed E-state index contributed by atoms with van der Waals surface area (Å²) >= 11 is 1.60. The number of ether oxygens (including phenoxy) is 1. The molecule has 130 valence electrons. The van der Waals surface area contributed by atoms with Crippen molar-refractivity contribution < 1.29 is 13.2 Å². The SMILES string of the molecule is COc1cc(CN(C)S(=O)(=O)c2cc(C)ccc2C)ccc1SC. The van der Waals surface area contributed by atoms with E-state index in [2.05, 4.69) is 0 Å². The summed E-state index contributed by atoms with van der Waals surface area (Å²) in [6.45, 7) is 4.00. The lowest BCUT2D eigenvalue weighted by atomic mass is 10.2. The highest BCUT2D eigenvalue weighted by Crippen LogP contribution is 2.29. The molecule has 0 aliphatic carbocycles. The van der Waals surface area contributed by atoms with Crippen molar-refractivity contribution in [3.05, 3.63) is 53.1 Å². The first-order chi connectivity index (χ1) is 11.3. The Morgan fingerprint density at radius 2 is 1.83 bits per heavy atom. The van der Waals surface area contributed by atoms with E-state index in [0.717, 1.165) is 27.3 Å². The van der Waals surface area contributed by atoms with Crippen LogP contribution in [0.3, 0.4) is 0 Å². The fourth-order valence-electron chi connectivity index (χ4n) is 2.47. The van der Waals surface area contributed by atoms with Crippen LogP contribution < -0.4 is 4.74 Å². The van der Waals surface area contributed by atoms with Gasteiger partial charge in [0.05, 0.1) is 12.0 Å². The van der Waals surface area contributed by atoms with Gasteiger partial charge in [-0.3, -0.25) is 0 Å². The second-order valence-corrected chi connectivity index (χ2v) is 8.58. The molecule has 0 amide bonds. The van der Waals surface area contributed by atoms with Crippen LogP contribution >= 0.6 is 11.8 Å². The highest BCUT2D eigenvalue weighted by Gasteiger charge is 2.23. The minimum absolute atomic E-state index is 0.292. The van der Waals surface area contributed by atoms with Crippen LogP contribution in [0, 0.1) is 13.8 Å². The summed E-state index contributed by atoms with van der Waals surface area (Å²) in [6, 6.07) is 11.3. The molecule has 0 bridgehead atoms. The second kappa shape index (κ2) is 7.59. The number of hydrogen-bond acceptors (Lipinski definition) is 4. The largest absolute Gasteiger partial charge is 0.496 e. The summed E-state index contributed by atoms with van der Waals surface area (Å²) in [6.07, 6.45) is 1.98. The first-order valence-corrected chi connectivity index (χ1v) is 10.2. The number of hydrogen-bond donors (Lipinski definition) is 0. The van der Waals surface area contributed by atoms with E-state index in [9.17, 15) is 8.42 Å². The number of benzene rings is 2. The van der Waals surface area contributed by atoms with Crippen molar-refractivity contribution >= 4 is 21.8 Å².